The number of nitrogens with one attached hydrogen (secondary N) is 1. The Bertz CT molecular complexity index is 1280. The number of Topliss-reactive ketones (excluding diaryl/α,β-unsaturated/α-hetero) is 1. The van der Waals surface area contributed by atoms with E-state index < -0.39 is 12.5 Å². The number of hydrogen-bond donors (Lipinski definition) is 3. The molecule has 40 heavy (non-hydrogen) atoms. The first-order valence-electron chi connectivity index (χ1n) is 13.3. The van der Waals surface area contributed by atoms with Crippen LogP contribution in [0.1, 0.15) is 31.5 Å². The lowest BCUT2D eigenvalue weighted by atomic mass is 9.79. The van der Waals surface area contributed by atoms with Crippen LogP contribution in [0.5, 0.6) is 5.75 Å². The fourth-order valence-electron chi connectivity index (χ4n) is 5.61. The average molecular weight is 579 g/mol. The molecule has 2 fully saturated rings. The van der Waals surface area contributed by atoms with Gasteiger partial charge in [-0.2, -0.15) is 0 Å². The molecule has 2 aliphatic rings. The van der Waals surface area contributed by atoms with Gasteiger partial charge < -0.3 is 25.8 Å². The Hall–Kier alpha value is -2.86. The second kappa shape index (κ2) is 12.3. The molecule has 0 amide bonds. The van der Waals surface area contributed by atoms with Crippen molar-refractivity contribution in [2.24, 2.45) is 11.1 Å². The Balaban J connectivity index is 1.70. The van der Waals surface area contributed by atoms with E-state index >= 15 is 0 Å². The molecule has 0 saturated carbocycles. The molecule has 12 heteroatoms. The molecule has 0 bridgehead atoms. The van der Waals surface area contributed by atoms with Crippen LogP contribution in [0.3, 0.4) is 0 Å². The zero-order chi connectivity index (χ0) is 29.2. The molecule has 1 aromatic carbocycles. The molecule has 2 saturated heterocycles. The number of nitrogens with zero attached hydrogens (tertiary/aromatic N) is 4. The zero-order valence-corrected chi connectivity index (χ0v) is 24.1. The monoisotopic (exact) mass is 578 g/mol. The largest absolute Gasteiger partial charge is 0.491 e. The molecular formula is C28H37ClF2N6O3. The molecule has 0 unspecified atom stereocenters. The van der Waals surface area contributed by atoms with Gasteiger partial charge in [-0.3, -0.25) is 9.69 Å². The van der Waals surface area contributed by atoms with Crippen molar-refractivity contribution in [1.82, 2.24) is 20.2 Å². The number of ketones is 1. The van der Waals surface area contributed by atoms with Gasteiger partial charge in [-0.1, -0.05) is 11.6 Å². The number of likely N-dealkylation sites (tertiary alicyclic amines) is 1. The van der Waals surface area contributed by atoms with Crippen LogP contribution in [0, 0.1) is 12.3 Å². The number of rotatable bonds is 11. The number of ether oxygens (including phenoxy) is 1. The van der Waals surface area contributed by atoms with Crippen molar-refractivity contribution in [1.29, 1.82) is 0 Å². The van der Waals surface area contributed by atoms with Crippen molar-refractivity contribution in [2.45, 2.75) is 39.7 Å². The number of alkyl halides is 2. The van der Waals surface area contributed by atoms with Gasteiger partial charge in [0.05, 0.1) is 22.8 Å². The molecule has 9 nitrogen and oxygen atoms in total. The van der Waals surface area contributed by atoms with E-state index in [0.717, 1.165) is 6.42 Å². The van der Waals surface area contributed by atoms with Crippen molar-refractivity contribution in [2.75, 3.05) is 57.8 Å². The second-order valence-electron chi connectivity index (χ2n) is 10.9. The summed E-state index contributed by atoms with van der Waals surface area (Å²) in [6.45, 7) is 7.77. The van der Waals surface area contributed by atoms with Crippen molar-refractivity contribution in [3.63, 3.8) is 0 Å². The van der Waals surface area contributed by atoms with Gasteiger partial charge in [-0.05, 0) is 59.0 Å². The fraction of sp³-hybridized carbons (Fsp3) is 0.536. The highest BCUT2D eigenvalue weighted by molar-refractivity contribution is 6.33. The minimum Gasteiger partial charge on any atom is -0.491 e. The molecule has 1 atom stereocenters. The molecule has 0 radical (unpaired) electrons. The number of aliphatic hydroxyl groups excluding tert-OH is 1. The highest BCUT2D eigenvalue weighted by atomic mass is 35.5. The van der Waals surface area contributed by atoms with Crippen LogP contribution >= 0.6 is 11.6 Å². The van der Waals surface area contributed by atoms with Gasteiger partial charge in [0.1, 0.15) is 24.3 Å². The number of carbonyl (C=O) groups excluding carboxylic acids is 1. The maximum atomic E-state index is 12.9. The van der Waals surface area contributed by atoms with Gasteiger partial charge in [-0.15, -0.1) is 0 Å². The number of aromatic nitrogens is 2. The van der Waals surface area contributed by atoms with E-state index in [1.54, 1.807) is 32.2 Å². The fourth-order valence-corrected chi connectivity index (χ4v) is 5.81. The predicted molar refractivity (Wildman–Crippen MR) is 152 cm³/mol. The number of likely N-dealkylation sites (N-methyl/N-ethyl adjacent to an activating group) is 1. The van der Waals surface area contributed by atoms with E-state index in [2.05, 4.69) is 10.2 Å². The van der Waals surface area contributed by atoms with Crippen molar-refractivity contribution in [3.05, 3.63) is 40.2 Å². The Labute approximate surface area is 238 Å². The Kier molecular flexibility index (Phi) is 9.29. The summed E-state index contributed by atoms with van der Waals surface area (Å²) in [6, 6.07) is 5.07. The Morgan fingerprint density at radius 1 is 1.27 bits per heavy atom. The number of nitrogens with two attached hydrogens (primary N) is 1. The van der Waals surface area contributed by atoms with Crippen LogP contribution in [0.2, 0.25) is 5.02 Å². The molecule has 3 heterocycles. The van der Waals surface area contributed by atoms with Crippen LogP contribution in [-0.2, 0) is 4.79 Å². The first-order chi connectivity index (χ1) is 18.9. The molecule has 2 aliphatic heterocycles. The van der Waals surface area contributed by atoms with Crippen molar-refractivity contribution >= 4 is 28.8 Å². The quantitative estimate of drug-likeness (QED) is 0.346. The third-order valence-electron chi connectivity index (χ3n) is 7.43. The summed E-state index contributed by atoms with van der Waals surface area (Å²) in [5.41, 5.74) is 8.34. The van der Waals surface area contributed by atoms with E-state index in [1.165, 1.54) is 6.92 Å². The highest BCUT2D eigenvalue weighted by Crippen LogP contribution is 2.44. The van der Waals surface area contributed by atoms with Crippen molar-refractivity contribution < 1.29 is 23.4 Å². The number of aliphatic hydroxyl groups is 1. The lowest BCUT2D eigenvalue weighted by Crippen LogP contribution is -2.58. The molecule has 2 aromatic rings. The van der Waals surface area contributed by atoms with E-state index in [9.17, 15) is 18.7 Å². The van der Waals surface area contributed by atoms with Gasteiger partial charge in [0.2, 0.25) is 0 Å². The summed E-state index contributed by atoms with van der Waals surface area (Å²) in [5.74, 6) is 1.20. The minimum absolute atomic E-state index is 0.0742. The van der Waals surface area contributed by atoms with Crippen molar-refractivity contribution in [3.8, 4) is 17.1 Å². The van der Waals surface area contributed by atoms with Crippen LogP contribution in [0.4, 0.5) is 14.6 Å². The smallest absolute Gasteiger partial charge is 0.251 e. The van der Waals surface area contributed by atoms with Gasteiger partial charge in [0.25, 0.3) is 6.43 Å². The molecule has 4 N–H and O–H groups in total. The van der Waals surface area contributed by atoms with Gasteiger partial charge in [0.15, 0.2) is 11.6 Å². The standard InChI is InChI=1S/C28H37ClF2N6O3/c1-16-25(24(17(2)32)18(3)38)34-26(21-9-20(5-6-22(21)29)40-12-19(39)10-33-4)35-27(16)37-14-28(15-37)7-8-36(13-28)11-23(30)31/h5-6,9,19,23,33,39H,7-8,10-15,32H2,1-4H3/t19-/m1/s1. The SMILES string of the molecule is CNC[C@@H](O)COc1ccc(Cl)c(-c2nc(C(C(C)=O)=C(C)N)c(C)c(N3CC4(CCN(CC(F)F)C4)C3)n2)c1. The second-order valence-corrected chi connectivity index (χ2v) is 11.3. The first-order valence-corrected chi connectivity index (χ1v) is 13.7. The van der Waals surface area contributed by atoms with E-state index in [-0.39, 0.29) is 24.3 Å². The van der Waals surface area contributed by atoms with Gasteiger partial charge in [-0.25, -0.2) is 18.7 Å². The number of anilines is 1. The minimum atomic E-state index is -2.35. The molecule has 1 spiro atoms. The van der Waals surface area contributed by atoms with Crippen LogP contribution in [-0.4, -0.2) is 91.2 Å². The predicted octanol–water partition coefficient (Wildman–Crippen LogP) is 3.12. The van der Waals surface area contributed by atoms with Crippen LogP contribution in [0.25, 0.3) is 17.0 Å². The maximum Gasteiger partial charge on any atom is 0.251 e. The van der Waals surface area contributed by atoms with Gasteiger partial charge >= 0.3 is 0 Å². The molecule has 218 valence electrons. The number of halogens is 3. The summed E-state index contributed by atoms with van der Waals surface area (Å²) >= 11 is 6.60. The molecule has 4 rings (SSSR count). The first kappa shape index (κ1) is 30.1. The summed E-state index contributed by atoms with van der Waals surface area (Å²) < 4.78 is 31.7. The third-order valence-corrected chi connectivity index (χ3v) is 7.76. The van der Waals surface area contributed by atoms with Gasteiger partial charge in [0, 0.05) is 48.4 Å². The van der Waals surface area contributed by atoms with E-state index in [1.807, 2.05) is 11.8 Å². The Morgan fingerprint density at radius 2 is 2.00 bits per heavy atom. The Morgan fingerprint density at radius 3 is 2.62 bits per heavy atom. The molecular weight excluding hydrogens is 542 g/mol. The third kappa shape index (κ3) is 6.54. The summed E-state index contributed by atoms with van der Waals surface area (Å²) in [7, 11) is 1.74. The number of carbonyl (C=O) groups is 1. The van der Waals surface area contributed by atoms with Crippen LogP contribution < -0.4 is 20.7 Å². The normalized spacial score (nSPS) is 18.2. The summed E-state index contributed by atoms with van der Waals surface area (Å²) in [4.78, 5) is 26.2. The number of benzene rings is 1. The average Bonchev–Trinajstić information content (AvgIpc) is 3.27. The lowest BCUT2D eigenvalue weighted by molar-refractivity contribution is -0.111. The van der Waals surface area contributed by atoms with E-state index in [4.69, 9.17) is 32.0 Å². The maximum absolute atomic E-state index is 12.9. The van der Waals surface area contributed by atoms with E-state index in [0.29, 0.717) is 83.2 Å². The number of allylic oxidation sites excluding steroid dienone is 2. The summed E-state index contributed by atoms with van der Waals surface area (Å²) in [5, 5.41) is 13.3. The molecule has 0 aliphatic carbocycles. The number of hydrogen-bond acceptors (Lipinski definition) is 9. The summed E-state index contributed by atoms with van der Waals surface area (Å²) in [6.07, 6.45) is -2.21. The highest BCUT2D eigenvalue weighted by Gasteiger charge is 2.49. The lowest BCUT2D eigenvalue weighted by Gasteiger charge is -2.49. The topological polar surface area (TPSA) is 117 Å². The molecule has 1 aromatic heterocycles. The zero-order valence-electron chi connectivity index (χ0n) is 23.3. The van der Waals surface area contributed by atoms with Crippen LogP contribution in [0.15, 0.2) is 23.9 Å².